The molecule has 0 amide bonds. The molecule has 0 spiro atoms. The fourth-order valence-electron chi connectivity index (χ4n) is 1.66. The van der Waals surface area contributed by atoms with Gasteiger partial charge in [-0.15, -0.1) is 0 Å². The Labute approximate surface area is 95.8 Å². The standard InChI is InChI=1S/C12H18N2O2/c1-12(2,13)10(8-11(15)16-3)9-4-6-14-7-5-9/h4-7,10H,8,13H2,1-3H3. The summed E-state index contributed by atoms with van der Waals surface area (Å²) in [6, 6.07) is 3.75. The van der Waals surface area contributed by atoms with Gasteiger partial charge in [0, 0.05) is 23.9 Å². The van der Waals surface area contributed by atoms with E-state index in [4.69, 9.17) is 5.73 Å². The second-order valence-electron chi connectivity index (χ2n) is 4.43. The number of pyridine rings is 1. The molecule has 4 nitrogen and oxygen atoms in total. The summed E-state index contributed by atoms with van der Waals surface area (Å²) in [5, 5.41) is 0. The van der Waals surface area contributed by atoms with E-state index in [0.29, 0.717) is 0 Å². The van der Waals surface area contributed by atoms with Gasteiger partial charge in [-0.05, 0) is 31.5 Å². The summed E-state index contributed by atoms with van der Waals surface area (Å²) in [5.41, 5.74) is 6.62. The lowest BCUT2D eigenvalue weighted by Crippen LogP contribution is -2.40. The van der Waals surface area contributed by atoms with E-state index >= 15 is 0 Å². The summed E-state index contributed by atoms with van der Waals surface area (Å²) in [6.45, 7) is 3.81. The number of carbonyl (C=O) groups is 1. The van der Waals surface area contributed by atoms with Crippen molar-refractivity contribution in [2.45, 2.75) is 31.7 Å². The monoisotopic (exact) mass is 222 g/mol. The Bertz CT molecular complexity index is 344. The lowest BCUT2D eigenvalue weighted by atomic mass is 9.81. The third-order valence-corrected chi connectivity index (χ3v) is 2.61. The SMILES string of the molecule is COC(=O)CC(c1ccncc1)C(C)(C)N. The number of methoxy groups -OCH3 is 1. The molecule has 2 N–H and O–H groups in total. The highest BCUT2D eigenvalue weighted by atomic mass is 16.5. The Hall–Kier alpha value is -1.42. The number of hydrogen-bond acceptors (Lipinski definition) is 4. The van der Waals surface area contributed by atoms with Crippen molar-refractivity contribution in [2.75, 3.05) is 7.11 Å². The van der Waals surface area contributed by atoms with Crippen LogP contribution in [0.5, 0.6) is 0 Å². The van der Waals surface area contributed by atoms with Gasteiger partial charge in [-0.2, -0.15) is 0 Å². The molecule has 1 aromatic rings. The molecule has 4 heteroatoms. The van der Waals surface area contributed by atoms with Gasteiger partial charge in [0.2, 0.25) is 0 Å². The lowest BCUT2D eigenvalue weighted by molar-refractivity contribution is -0.141. The van der Waals surface area contributed by atoms with Crippen LogP contribution in [0, 0.1) is 0 Å². The second kappa shape index (κ2) is 5.07. The zero-order valence-corrected chi connectivity index (χ0v) is 9.93. The van der Waals surface area contributed by atoms with Crippen molar-refractivity contribution in [3.8, 4) is 0 Å². The van der Waals surface area contributed by atoms with Crippen LogP contribution in [-0.2, 0) is 9.53 Å². The molecule has 1 aromatic heterocycles. The molecule has 1 atom stereocenters. The largest absolute Gasteiger partial charge is 0.469 e. The van der Waals surface area contributed by atoms with Crippen LogP contribution in [0.3, 0.4) is 0 Å². The molecule has 16 heavy (non-hydrogen) atoms. The molecule has 0 aliphatic rings. The van der Waals surface area contributed by atoms with E-state index in [1.807, 2.05) is 26.0 Å². The molecule has 88 valence electrons. The fraction of sp³-hybridized carbons (Fsp3) is 0.500. The van der Waals surface area contributed by atoms with Crippen LogP contribution in [0.15, 0.2) is 24.5 Å². The fourth-order valence-corrected chi connectivity index (χ4v) is 1.66. The van der Waals surface area contributed by atoms with Crippen LogP contribution >= 0.6 is 0 Å². The Morgan fingerprint density at radius 2 is 2.06 bits per heavy atom. The number of carbonyl (C=O) groups excluding carboxylic acids is 1. The highest BCUT2D eigenvalue weighted by Crippen LogP contribution is 2.29. The number of aromatic nitrogens is 1. The third kappa shape index (κ3) is 3.31. The zero-order valence-electron chi connectivity index (χ0n) is 9.93. The highest BCUT2D eigenvalue weighted by molar-refractivity contribution is 5.70. The maximum atomic E-state index is 11.3. The van der Waals surface area contributed by atoms with Gasteiger partial charge >= 0.3 is 5.97 Å². The first-order valence-corrected chi connectivity index (χ1v) is 5.20. The predicted molar refractivity (Wildman–Crippen MR) is 61.9 cm³/mol. The van der Waals surface area contributed by atoms with E-state index in [1.165, 1.54) is 7.11 Å². The average molecular weight is 222 g/mol. The van der Waals surface area contributed by atoms with Gasteiger partial charge in [-0.1, -0.05) is 0 Å². The van der Waals surface area contributed by atoms with E-state index in [0.717, 1.165) is 5.56 Å². The number of ether oxygens (including phenoxy) is 1. The first-order chi connectivity index (χ1) is 7.45. The summed E-state index contributed by atoms with van der Waals surface area (Å²) >= 11 is 0. The topological polar surface area (TPSA) is 65.2 Å². The molecule has 1 unspecified atom stereocenters. The van der Waals surface area contributed by atoms with Gasteiger partial charge in [0.1, 0.15) is 0 Å². The molecule has 0 aliphatic heterocycles. The van der Waals surface area contributed by atoms with E-state index in [1.54, 1.807) is 12.4 Å². The molecule has 0 saturated carbocycles. The number of esters is 1. The Kier molecular flexibility index (Phi) is 4.01. The Morgan fingerprint density at radius 3 is 2.50 bits per heavy atom. The second-order valence-corrected chi connectivity index (χ2v) is 4.43. The number of rotatable bonds is 4. The van der Waals surface area contributed by atoms with Gasteiger partial charge in [-0.3, -0.25) is 9.78 Å². The van der Waals surface area contributed by atoms with Gasteiger partial charge in [0.15, 0.2) is 0 Å². The van der Waals surface area contributed by atoms with E-state index in [-0.39, 0.29) is 18.3 Å². The number of nitrogens with zero attached hydrogens (tertiary/aromatic N) is 1. The van der Waals surface area contributed by atoms with Crippen LogP contribution in [-0.4, -0.2) is 23.6 Å². The molecular weight excluding hydrogens is 204 g/mol. The zero-order chi connectivity index (χ0) is 12.2. The van der Waals surface area contributed by atoms with Crippen molar-refractivity contribution in [1.82, 2.24) is 4.98 Å². The summed E-state index contributed by atoms with van der Waals surface area (Å²) in [4.78, 5) is 15.3. The molecule has 0 aromatic carbocycles. The molecule has 0 bridgehead atoms. The molecule has 0 saturated heterocycles. The summed E-state index contributed by atoms with van der Waals surface area (Å²) in [6.07, 6.45) is 3.68. The van der Waals surface area contributed by atoms with Crippen LogP contribution in [0.1, 0.15) is 31.7 Å². The summed E-state index contributed by atoms with van der Waals surface area (Å²) in [5.74, 6) is -0.316. The predicted octanol–water partition coefficient (Wildman–Crippen LogP) is 1.47. The average Bonchev–Trinajstić information content (AvgIpc) is 2.25. The van der Waals surface area contributed by atoms with Crippen LogP contribution in [0.25, 0.3) is 0 Å². The minimum absolute atomic E-state index is 0.0667. The van der Waals surface area contributed by atoms with E-state index in [9.17, 15) is 4.79 Å². The van der Waals surface area contributed by atoms with Crippen LogP contribution < -0.4 is 5.73 Å². The molecule has 1 heterocycles. The van der Waals surface area contributed by atoms with Crippen molar-refractivity contribution >= 4 is 5.97 Å². The normalized spacial score (nSPS) is 13.2. The van der Waals surface area contributed by atoms with Gasteiger partial charge in [0.05, 0.1) is 13.5 Å². The summed E-state index contributed by atoms with van der Waals surface area (Å²) in [7, 11) is 1.38. The minimum Gasteiger partial charge on any atom is -0.469 e. The van der Waals surface area contributed by atoms with Crippen molar-refractivity contribution in [1.29, 1.82) is 0 Å². The van der Waals surface area contributed by atoms with Gasteiger partial charge in [-0.25, -0.2) is 0 Å². The summed E-state index contributed by atoms with van der Waals surface area (Å²) < 4.78 is 4.69. The maximum Gasteiger partial charge on any atom is 0.306 e. The minimum atomic E-state index is -0.477. The number of nitrogens with two attached hydrogens (primary N) is 1. The van der Waals surface area contributed by atoms with Crippen molar-refractivity contribution < 1.29 is 9.53 Å². The van der Waals surface area contributed by atoms with Crippen molar-refractivity contribution in [3.63, 3.8) is 0 Å². The smallest absolute Gasteiger partial charge is 0.306 e. The van der Waals surface area contributed by atoms with Gasteiger partial charge in [0.25, 0.3) is 0 Å². The lowest BCUT2D eigenvalue weighted by Gasteiger charge is -2.30. The quantitative estimate of drug-likeness (QED) is 0.783. The van der Waals surface area contributed by atoms with Crippen molar-refractivity contribution in [2.24, 2.45) is 5.73 Å². The molecule has 0 radical (unpaired) electrons. The van der Waals surface area contributed by atoms with Gasteiger partial charge < -0.3 is 10.5 Å². The van der Waals surface area contributed by atoms with E-state index < -0.39 is 5.54 Å². The van der Waals surface area contributed by atoms with Crippen molar-refractivity contribution in [3.05, 3.63) is 30.1 Å². The highest BCUT2D eigenvalue weighted by Gasteiger charge is 2.29. The molecule has 0 fully saturated rings. The molecule has 0 aliphatic carbocycles. The molecular formula is C12H18N2O2. The van der Waals surface area contributed by atoms with Crippen LogP contribution in [0.2, 0.25) is 0 Å². The Morgan fingerprint density at radius 1 is 1.50 bits per heavy atom. The van der Waals surface area contributed by atoms with Crippen LogP contribution in [0.4, 0.5) is 0 Å². The maximum absolute atomic E-state index is 11.3. The first kappa shape index (κ1) is 12.6. The third-order valence-electron chi connectivity index (χ3n) is 2.61. The molecule has 1 rings (SSSR count). The number of hydrogen-bond donors (Lipinski definition) is 1. The van der Waals surface area contributed by atoms with E-state index in [2.05, 4.69) is 9.72 Å². The Balaban J connectivity index is 2.93. The first-order valence-electron chi connectivity index (χ1n) is 5.20.